The van der Waals surface area contributed by atoms with E-state index < -0.39 is 17.7 Å². The predicted octanol–water partition coefficient (Wildman–Crippen LogP) is 6.39. The number of thiazole rings is 1. The Bertz CT molecular complexity index is 1750. The number of hydrogen-bond donors (Lipinski definition) is 1. The fourth-order valence-corrected chi connectivity index (χ4v) is 5.86. The summed E-state index contributed by atoms with van der Waals surface area (Å²) in [4.78, 5) is 33.1. The van der Waals surface area contributed by atoms with Crippen LogP contribution in [0.25, 0.3) is 26.7 Å². The van der Waals surface area contributed by atoms with Gasteiger partial charge in [-0.25, -0.2) is 4.98 Å². The number of ketones is 1. The highest BCUT2D eigenvalue weighted by Crippen LogP contribution is 2.45. The first kappa shape index (κ1) is 22.9. The van der Waals surface area contributed by atoms with Crippen LogP contribution in [0.1, 0.15) is 22.7 Å². The van der Waals surface area contributed by atoms with Crippen LogP contribution in [0.5, 0.6) is 5.75 Å². The summed E-state index contributed by atoms with van der Waals surface area (Å²) in [5.74, 6) is -1.13. The molecule has 1 atom stereocenters. The van der Waals surface area contributed by atoms with Gasteiger partial charge in [-0.3, -0.25) is 14.5 Å². The summed E-state index contributed by atoms with van der Waals surface area (Å²) in [5, 5.41) is 13.8. The molecule has 2 heterocycles. The molecule has 1 aliphatic heterocycles. The van der Waals surface area contributed by atoms with Crippen molar-refractivity contribution in [3.8, 4) is 5.75 Å². The molecular weight excluding hydrogens is 484 g/mol. The van der Waals surface area contributed by atoms with Crippen LogP contribution < -0.4 is 9.64 Å². The highest BCUT2D eigenvalue weighted by molar-refractivity contribution is 7.22. The number of aliphatic hydroxyl groups excluding tert-OH is 1. The standard InChI is InChI=1S/C30H22N2O4S/c1-17-10-13-23-24(14-17)37-30(31-23)32-26(20-8-5-9-22(16-20)36-2)25(28(34)29(32)35)27(33)21-12-11-18-6-3-4-7-19(18)15-21/h3-16,26,33H,1-2H3/b27-25+. The second-order valence-electron chi connectivity index (χ2n) is 8.98. The molecule has 0 saturated carbocycles. The molecule has 5 aromatic rings. The highest BCUT2D eigenvalue weighted by atomic mass is 32.1. The summed E-state index contributed by atoms with van der Waals surface area (Å²) in [6.07, 6.45) is 0. The maximum atomic E-state index is 13.5. The van der Waals surface area contributed by atoms with E-state index in [0.29, 0.717) is 22.0 Å². The lowest BCUT2D eigenvalue weighted by Gasteiger charge is -2.23. The fourth-order valence-electron chi connectivity index (χ4n) is 4.77. The van der Waals surface area contributed by atoms with Crippen molar-refractivity contribution in [3.63, 3.8) is 0 Å². The quantitative estimate of drug-likeness (QED) is 0.174. The minimum atomic E-state index is -0.872. The first-order valence-electron chi connectivity index (χ1n) is 11.8. The van der Waals surface area contributed by atoms with Gasteiger partial charge in [0.15, 0.2) is 5.13 Å². The third kappa shape index (κ3) is 3.84. The molecule has 6 rings (SSSR count). The molecule has 7 heteroatoms. The molecule has 0 bridgehead atoms. The largest absolute Gasteiger partial charge is 0.507 e. The number of nitrogens with zero attached hydrogens (tertiary/aromatic N) is 2. The number of anilines is 1. The van der Waals surface area contributed by atoms with Crippen molar-refractivity contribution in [2.24, 2.45) is 0 Å². The van der Waals surface area contributed by atoms with Crippen molar-refractivity contribution in [1.82, 2.24) is 4.98 Å². The van der Waals surface area contributed by atoms with Gasteiger partial charge >= 0.3 is 5.91 Å². The highest BCUT2D eigenvalue weighted by Gasteiger charge is 2.48. The van der Waals surface area contributed by atoms with Gasteiger partial charge in [-0.1, -0.05) is 65.9 Å². The molecule has 0 radical (unpaired) electrons. The molecule has 1 unspecified atom stereocenters. The Hall–Kier alpha value is -4.49. The number of methoxy groups -OCH3 is 1. The molecule has 4 aromatic carbocycles. The number of hydrogen-bond acceptors (Lipinski definition) is 6. The maximum absolute atomic E-state index is 13.5. The van der Waals surface area contributed by atoms with Gasteiger partial charge in [0.2, 0.25) is 0 Å². The fraction of sp³-hybridized carbons (Fsp3) is 0.100. The van der Waals surface area contributed by atoms with Crippen LogP contribution in [-0.2, 0) is 9.59 Å². The van der Waals surface area contributed by atoms with Gasteiger partial charge in [0.1, 0.15) is 11.5 Å². The summed E-state index contributed by atoms with van der Waals surface area (Å²) in [6, 6.07) is 25.4. The van der Waals surface area contributed by atoms with Gasteiger partial charge in [-0.2, -0.15) is 0 Å². The molecule has 0 spiro atoms. The van der Waals surface area contributed by atoms with Crippen molar-refractivity contribution >= 4 is 54.9 Å². The van der Waals surface area contributed by atoms with Crippen molar-refractivity contribution in [3.05, 3.63) is 107 Å². The normalized spacial score (nSPS) is 17.1. The van der Waals surface area contributed by atoms with E-state index in [-0.39, 0.29) is 11.3 Å². The van der Waals surface area contributed by atoms with Crippen LogP contribution in [0.4, 0.5) is 5.13 Å². The van der Waals surface area contributed by atoms with Crippen molar-refractivity contribution in [2.45, 2.75) is 13.0 Å². The van der Waals surface area contributed by atoms with Crippen LogP contribution >= 0.6 is 11.3 Å². The molecule has 1 N–H and O–H groups in total. The summed E-state index contributed by atoms with van der Waals surface area (Å²) in [7, 11) is 1.56. The van der Waals surface area contributed by atoms with Gasteiger partial charge in [-0.05, 0) is 59.2 Å². The SMILES string of the molecule is COc1cccc(C2/C(=C(\O)c3ccc4ccccc4c3)C(=O)C(=O)N2c2nc3ccc(C)cc3s2)c1. The van der Waals surface area contributed by atoms with Crippen molar-refractivity contribution in [2.75, 3.05) is 12.0 Å². The summed E-state index contributed by atoms with van der Waals surface area (Å²) in [5.41, 5.74) is 2.93. The van der Waals surface area contributed by atoms with E-state index in [0.717, 1.165) is 26.6 Å². The van der Waals surface area contributed by atoms with E-state index >= 15 is 0 Å². The maximum Gasteiger partial charge on any atom is 0.301 e. The Morgan fingerprint density at radius 2 is 1.76 bits per heavy atom. The number of benzene rings is 4. The number of fused-ring (bicyclic) bond motifs is 2. The van der Waals surface area contributed by atoms with E-state index in [9.17, 15) is 14.7 Å². The minimum Gasteiger partial charge on any atom is -0.507 e. The second-order valence-corrected chi connectivity index (χ2v) is 9.98. The Labute approximate surface area is 217 Å². The summed E-state index contributed by atoms with van der Waals surface area (Å²) < 4.78 is 6.33. The molecule has 1 aromatic heterocycles. The Morgan fingerprint density at radius 1 is 0.946 bits per heavy atom. The number of carbonyl (C=O) groups excluding carboxylic acids is 2. The van der Waals surface area contributed by atoms with E-state index in [4.69, 9.17) is 4.74 Å². The lowest BCUT2D eigenvalue weighted by molar-refractivity contribution is -0.132. The van der Waals surface area contributed by atoms with Gasteiger partial charge in [0.05, 0.1) is 28.9 Å². The zero-order valence-corrected chi connectivity index (χ0v) is 21.0. The van der Waals surface area contributed by atoms with Crippen LogP contribution in [0, 0.1) is 6.92 Å². The molecule has 1 saturated heterocycles. The van der Waals surface area contributed by atoms with E-state index in [1.54, 1.807) is 31.4 Å². The van der Waals surface area contributed by atoms with Gasteiger partial charge < -0.3 is 9.84 Å². The molecule has 37 heavy (non-hydrogen) atoms. The average Bonchev–Trinajstić information content (AvgIpc) is 3.45. The monoisotopic (exact) mass is 506 g/mol. The predicted molar refractivity (Wildman–Crippen MR) is 146 cm³/mol. The zero-order valence-electron chi connectivity index (χ0n) is 20.1. The number of rotatable bonds is 4. The molecule has 6 nitrogen and oxygen atoms in total. The average molecular weight is 507 g/mol. The van der Waals surface area contributed by atoms with Crippen LogP contribution in [0.3, 0.4) is 0 Å². The van der Waals surface area contributed by atoms with Crippen LogP contribution in [-0.4, -0.2) is 28.9 Å². The molecule has 1 fully saturated rings. The number of aliphatic hydroxyl groups is 1. The number of aromatic nitrogens is 1. The first-order valence-corrected chi connectivity index (χ1v) is 12.6. The van der Waals surface area contributed by atoms with E-state index in [1.807, 2.05) is 67.6 Å². The number of aryl methyl sites for hydroxylation is 1. The molecule has 1 aliphatic rings. The topological polar surface area (TPSA) is 79.7 Å². The lowest BCUT2D eigenvalue weighted by Crippen LogP contribution is -2.29. The molecule has 182 valence electrons. The Kier molecular flexibility index (Phi) is 5.50. The number of carbonyl (C=O) groups is 2. The van der Waals surface area contributed by atoms with Gasteiger partial charge in [0.25, 0.3) is 5.78 Å². The third-order valence-electron chi connectivity index (χ3n) is 6.62. The summed E-state index contributed by atoms with van der Waals surface area (Å²) in [6.45, 7) is 1.99. The second kappa shape index (κ2) is 8.87. The molecule has 0 aliphatic carbocycles. The molecular formula is C30H22N2O4S. The lowest BCUT2D eigenvalue weighted by atomic mass is 9.94. The minimum absolute atomic E-state index is 0.0176. The third-order valence-corrected chi connectivity index (χ3v) is 7.63. The number of ether oxygens (including phenoxy) is 1. The van der Waals surface area contributed by atoms with Gasteiger partial charge in [0, 0.05) is 5.56 Å². The van der Waals surface area contributed by atoms with Gasteiger partial charge in [-0.15, -0.1) is 0 Å². The van der Waals surface area contributed by atoms with Crippen LogP contribution in [0.2, 0.25) is 0 Å². The molecule has 1 amide bonds. The first-order chi connectivity index (χ1) is 17.9. The smallest absolute Gasteiger partial charge is 0.301 e. The number of Topliss-reactive ketones (excluding diaryl/α,β-unsaturated/α-hetero) is 1. The number of amides is 1. The Morgan fingerprint density at radius 3 is 2.57 bits per heavy atom. The van der Waals surface area contributed by atoms with Crippen LogP contribution in [0.15, 0.2) is 90.5 Å². The van der Waals surface area contributed by atoms with E-state index in [2.05, 4.69) is 4.98 Å². The Balaban J connectivity index is 1.57. The zero-order chi connectivity index (χ0) is 25.7. The van der Waals surface area contributed by atoms with E-state index in [1.165, 1.54) is 16.2 Å². The van der Waals surface area contributed by atoms with Crippen molar-refractivity contribution < 1.29 is 19.4 Å². The summed E-state index contributed by atoms with van der Waals surface area (Å²) >= 11 is 1.34. The van der Waals surface area contributed by atoms with Crippen molar-refractivity contribution in [1.29, 1.82) is 0 Å².